The molecule has 3 nitrogen and oxygen atoms in total. The van der Waals surface area contributed by atoms with E-state index >= 15 is 0 Å². The molecule has 0 bridgehead atoms. The molecular weight excluding hydrogens is 149 g/mol. The van der Waals surface area contributed by atoms with Crippen molar-refractivity contribution in [2.45, 2.75) is 5.79 Å². The fourth-order valence-electron chi connectivity index (χ4n) is 0.806. The molecule has 1 rings (SSSR count). The van der Waals surface area contributed by atoms with Crippen molar-refractivity contribution in [3.63, 3.8) is 0 Å². The van der Waals surface area contributed by atoms with Gasteiger partial charge in [0.05, 0.1) is 7.11 Å². The van der Waals surface area contributed by atoms with Crippen LogP contribution in [0.2, 0.25) is 0 Å². The predicted octanol–water partition coefficient (Wildman–Crippen LogP) is 0.498. The van der Waals surface area contributed by atoms with Crippen molar-refractivity contribution in [3.8, 4) is 0 Å². The van der Waals surface area contributed by atoms with Crippen LogP contribution in [0.1, 0.15) is 0 Å². The number of hydrogen-bond acceptors (Lipinski definition) is 3. The van der Waals surface area contributed by atoms with Crippen LogP contribution >= 0.6 is 0 Å². The topological polar surface area (TPSA) is 38.3 Å². The van der Waals surface area contributed by atoms with Crippen LogP contribution < -0.4 is 5.32 Å². The smallest absolute Gasteiger partial charge is 0.293 e. The molecule has 1 heterocycles. The van der Waals surface area contributed by atoms with Crippen molar-refractivity contribution >= 4 is 6.29 Å². The molecule has 1 atom stereocenters. The summed E-state index contributed by atoms with van der Waals surface area (Å²) in [5.41, 5.74) is 0. The third kappa shape index (κ3) is 1.24. The summed E-state index contributed by atoms with van der Waals surface area (Å²) in [6, 6.07) is 0. The molecule has 0 aromatic carbocycles. The first-order chi connectivity index (χ1) is 5.23. The van der Waals surface area contributed by atoms with Gasteiger partial charge in [-0.05, 0) is 18.4 Å². The van der Waals surface area contributed by atoms with Crippen LogP contribution in [0.3, 0.4) is 0 Å². The molecule has 0 radical (unpaired) electrons. The Bertz CT molecular complexity index is 224. The number of rotatable bonds is 2. The number of aldehydes is 1. The molecule has 0 aromatic rings. The highest BCUT2D eigenvalue weighted by Gasteiger charge is 2.35. The van der Waals surface area contributed by atoms with E-state index in [1.54, 1.807) is 6.08 Å². The van der Waals surface area contributed by atoms with Gasteiger partial charge in [0, 0.05) is 0 Å². The molecule has 0 saturated carbocycles. The summed E-state index contributed by atoms with van der Waals surface area (Å²) >= 11 is 0. The zero-order valence-electron chi connectivity index (χ0n) is 6.00. The van der Waals surface area contributed by atoms with Crippen molar-refractivity contribution in [2.75, 3.05) is 7.11 Å². The van der Waals surface area contributed by atoms with Crippen LogP contribution in [-0.4, -0.2) is 19.2 Å². The lowest BCUT2D eigenvalue weighted by Gasteiger charge is -2.23. The molecule has 11 heavy (non-hydrogen) atoms. The van der Waals surface area contributed by atoms with Crippen LogP contribution in [0.5, 0.6) is 0 Å². The number of hydrogen-bond donors (Lipinski definition) is 1. The third-order valence-electron chi connectivity index (χ3n) is 1.38. The van der Waals surface area contributed by atoms with E-state index in [1.165, 1.54) is 19.4 Å². The Morgan fingerprint density at radius 3 is 3.00 bits per heavy atom. The highest BCUT2D eigenvalue weighted by molar-refractivity contribution is 5.67. The van der Waals surface area contributed by atoms with E-state index in [2.05, 4.69) is 10.1 Å². The Kier molecular flexibility index (Phi) is 1.94. The average molecular weight is 157 g/mol. The normalized spacial score (nSPS) is 28.7. The predicted molar refractivity (Wildman–Crippen MR) is 37.3 cm³/mol. The van der Waals surface area contributed by atoms with Gasteiger partial charge in [-0.25, -0.2) is 4.39 Å². The van der Waals surface area contributed by atoms with Crippen molar-refractivity contribution in [2.24, 2.45) is 0 Å². The SMILES string of the molecule is COC1=CC=CNC1(F)C=O. The van der Waals surface area contributed by atoms with E-state index in [9.17, 15) is 9.18 Å². The first-order valence-electron chi connectivity index (χ1n) is 3.07. The second-order valence-electron chi connectivity index (χ2n) is 2.07. The summed E-state index contributed by atoms with van der Waals surface area (Å²) in [6.07, 6.45) is 4.45. The summed E-state index contributed by atoms with van der Waals surface area (Å²) in [4.78, 5) is 10.3. The zero-order valence-corrected chi connectivity index (χ0v) is 6.00. The minimum absolute atomic E-state index is 0.0324. The highest BCUT2D eigenvalue weighted by Crippen LogP contribution is 2.19. The van der Waals surface area contributed by atoms with Crippen LogP contribution in [0, 0.1) is 0 Å². The lowest BCUT2D eigenvalue weighted by atomic mass is 10.2. The molecule has 1 aliphatic heterocycles. The summed E-state index contributed by atoms with van der Waals surface area (Å²) in [6.45, 7) is 0. The maximum absolute atomic E-state index is 13.2. The molecule has 0 aromatic heterocycles. The molecule has 4 heteroatoms. The van der Waals surface area contributed by atoms with E-state index in [4.69, 9.17) is 0 Å². The Labute approximate surface area is 63.5 Å². The van der Waals surface area contributed by atoms with Gasteiger partial charge in [0.1, 0.15) is 0 Å². The van der Waals surface area contributed by atoms with Gasteiger partial charge in [-0.3, -0.25) is 4.79 Å². The van der Waals surface area contributed by atoms with Crippen LogP contribution in [-0.2, 0) is 9.53 Å². The number of nitrogens with one attached hydrogen (secondary N) is 1. The fraction of sp³-hybridized carbons (Fsp3) is 0.286. The highest BCUT2D eigenvalue weighted by atomic mass is 19.1. The average Bonchev–Trinajstić information content (AvgIpc) is 2.05. The van der Waals surface area contributed by atoms with Crippen molar-refractivity contribution in [1.82, 2.24) is 5.32 Å². The monoisotopic (exact) mass is 157 g/mol. The number of halogens is 1. The summed E-state index contributed by atoms with van der Waals surface area (Å²) in [5.74, 6) is -2.22. The van der Waals surface area contributed by atoms with E-state index in [-0.39, 0.29) is 12.0 Å². The maximum Gasteiger partial charge on any atom is 0.293 e. The molecule has 0 spiro atoms. The van der Waals surface area contributed by atoms with Crippen molar-refractivity contribution in [3.05, 3.63) is 24.1 Å². The van der Waals surface area contributed by atoms with Gasteiger partial charge in [-0.2, -0.15) is 0 Å². The van der Waals surface area contributed by atoms with Gasteiger partial charge in [-0.15, -0.1) is 0 Å². The second-order valence-corrected chi connectivity index (χ2v) is 2.07. The van der Waals surface area contributed by atoms with Gasteiger partial charge in [0.25, 0.3) is 5.79 Å². The molecule has 1 aliphatic rings. The summed E-state index contributed by atoms with van der Waals surface area (Å²) in [7, 11) is 1.31. The lowest BCUT2D eigenvalue weighted by Crippen LogP contribution is -2.43. The zero-order chi connectivity index (χ0) is 8.32. The third-order valence-corrected chi connectivity index (χ3v) is 1.38. The van der Waals surface area contributed by atoms with E-state index in [1.807, 2.05) is 0 Å². The Balaban J connectivity index is 2.91. The molecule has 60 valence electrons. The van der Waals surface area contributed by atoms with Crippen molar-refractivity contribution in [1.29, 1.82) is 0 Å². The van der Waals surface area contributed by atoms with Gasteiger partial charge >= 0.3 is 0 Å². The van der Waals surface area contributed by atoms with Crippen LogP contribution in [0.15, 0.2) is 24.1 Å². The van der Waals surface area contributed by atoms with Crippen LogP contribution in [0.25, 0.3) is 0 Å². The number of dihydropyridines is 1. The minimum Gasteiger partial charge on any atom is -0.495 e. The van der Waals surface area contributed by atoms with Gasteiger partial charge in [0.15, 0.2) is 12.0 Å². The Morgan fingerprint density at radius 2 is 2.55 bits per heavy atom. The molecule has 0 amide bonds. The molecule has 1 unspecified atom stereocenters. The number of ether oxygens (including phenoxy) is 1. The van der Waals surface area contributed by atoms with E-state index in [0.29, 0.717) is 0 Å². The molecule has 0 aliphatic carbocycles. The van der Waals surface area contributed by atoms with Crippen molar-refractivity contribution < 1.29 is 13.9 Å². The number of allylic oxidation sites excluding steroid dienone is 2. The standard InChI is InChI=1S/C7H8FNO2/c1-11-6-3-2-4-9-7(6,8)5-10/h2-5,9H,1H3. The van der Waals surface area contributed by atoms with E-state index < -0.39 is 5.79 Å². The number of alkyl halides is 1. The minimum atomic E-state index is -2.19. The van der Waals surface area contributed by atoms with Gasteiger partial charge in [0.2, 0.25) is 0 Å². The Morgan fingerprint density at radius 1 is 1.82 bits per heavy atom. The summed E-state index contributed by atoms with van der Waals surface area (Å²) < 4.78 is 17.9. The van der Waals surface area contributed by atoms with Gasteiger partial charge < -0.3 is 10.1 Å². The first-order valence-corrected chi connectivity index (χ1v) is 3.07. The first kappa shape index (κ1) is 7.78. The molecular formula is C7H8FNO2. The number of methoxy groups -OCH3 is 1. The lowest BCUT2D eigenvalue weighted by molar-refractivity contribution is -0.119. The van der Waals surface area contributed by atoms with Crippen LogP contribution in [0.4, 0.5) is 4.39 Å². The van der Waals surface area contributed by atoms with Gasteiger partial charge in [-0.1, -0.05) is 0 Å². The number of carbonyl (C=O) groups excluding carboxylic acids is 1. The second kappa shape index (κ2) is 2.74. The summed E-state index contributed by atoms with van der Waals surface area (Å²) in [5, 5.41) is 2.24. The fourth-order valence-corrected chi connectivity index (χ4v) is 0.806. The molecule has 1 N–H and O–H groups in total. The number of carbonyl (C=O) groups is 1. The van der Waals surface area contributed by atoms with E-state index in [0.717, 1.165) is 0 Å². The quantitative estimate of drug-likeness (QED) is 0.468. The molecule has 0 saturated heterocycles. The largest absolute Gasteiger partial charge is 0.495 e. The Hall–Kier alpha value is -1.32. The maximum atomic E-state index is 13.2. The molecule has 0 fully saturated rings.